The minimum atomic E-state index is -3.41. The third-order valence-corrected chi connectivity index (χ3v) is 5.37. The van der Waals surface area contributed by atoms with Crippen molar-refractivity contribution in [1.82, 2.24) is 5.32 Å². The van der Waals surface area contributed by atoms with Crippen molar-refractivity contribution in [1.29, 1.82) is 0 Å². The number of hydrogen-bond donors (Lipinski definition) is 1. The molecule has 0 aliphatic rings. The van der Waals surface area contributed by atoms with Gasteiger partial charge in [0, 0.05) is 18.2 Å². The summed E-state index contributed by atoms with van der Waals surface area (Å²) in [7, 11) is -0.340. The van der Waals surface area contributed by atoms with E-state index in [-0.39, 0.29) is 29.5 Å². The molecule has 1 amide bonds. The lowest BCUT2D eigenvalue weighted by Gasteiger charge is -2.11. The number of sulfone groups is 1. The fourth-order valence-corrected chi connectivity index (χ4v) is 3.48. The number of carbonyl (C=O) groups excluding carboxylic acids is 1. The molecular formula is C18H21NO5S. The SMILES string of the molecule is COc1ccc(CC(=O)NCCS(=O)(=O)c2ccccc2)c(OC)c1. The minimum absolute atomic E-state index is 0.0501. The van der Waals surface area contributed by atoms with Gasteiger partial charge in [0.2, 0.25) is 5.91 Å². The van der Waals surface area contributed by atoms with Gasteiger partial charge in [-0.1, -0.05) is 24.3 Å². The number of amides is 1. The van der Waals surface area contributed by atoms with E-state index in [9.17, 15) is 13.2 Å². The highest BCUT2D eigenvalue weighted by atomic mass is 32.2. The van der Waals surface area contributed by atoms with Crippen molar-refractivity contribution in [2.45, 2.75) is 11.3 Å². The third-order valence-electron chi connectivity index (χ3n) is 3.64. The van der Waals surface area contributed by atoms with Gasteiger partial charge in [0.1, 0.15) is 11.5 Å². The Morgan fingerprint density at radius 1 is 1.04 bits per heavy atom. The Kier molecular flexibility index (Phi) is 6.41. The summed E-state index contributed by atoms with van der Waals surface area (Å²) in [6.45, 7) is 0.0501. The van der Waals surface area contributed by atoms with Crippen molar-refractivity contribution >= 4 is 15.7 Å². The Balaban J connectivity index is 1.91. The molecule has 0 saturated carbocycles. The van der Waals surface area contributed by atoms with E-state index in [1.807, 2.05) is 0 Å². The van der Waals surface area contributed by atoms with E-state index in [0.717, 1.165) is 0 Å². The molecular weight excluding hydrogens is 342 g/mol. The van der Waals surface area contributed by atoms with E-state index in [1.54, 1.807) is 55.6 Å². The van der Waals surface area contributed by atoms with Crippen LogP contribution >= 0.6 is 0 Å². The average Bonchev–Trinajstić information content (AvgIpc) is 2.62. The smallest absolute Gasteiger partial charge is 0.224 e. The summed E-state index contributed by atoms with van der Waals surface area (Å²) in [6, 6.07) is 13.4. The lowest BCUT2D eigenvalue weighted by molar-refractivity contribution is -0.120. The van der Waals surface area contributed by atoms with Crippen LogP contribution in [0.5, 0.6) is 11.5 Å². The molecule has 25 heavy (non-hydrogen) atoms. The van der Waals surface area contributed by atoms with Crippen LogP contribution in [0.25, 0.3) is 0 Å². The van der Waals surface area contributed by atoms with Gasteiger partial charge in [0.15, 0.2) is 9.84 Å². The molecule has 2 rings (SSSR count). The van der Waals surface area contributed by atoms with Crippen LogP contribution < -0.4 is 14.8 Å². The van der Waals surface area contributed by atoms with E-state index in [2.05, 4.69) is 5.32 Å². The molecule has 0 heterocycles. The normalized spacial score (nSPS) is 11.0. The highest BCUT2D eigenvalue weighted by Crippen LogP contribution is 2.24. The van der Waals surface area contributed by atoms with Gasteiger partial charge in [-0.15, -0.1) is 0 Å². The zero-order valence-corrected chi connectivity index (χ0v) is 15.0. The molecule has 134 valence electrons. The molecule has 0 bridgehead atoms. The Hall–Kier alpha value is -2.54. The number of hydrogen-bond acceptors (Lipinski definition) is 5. The van der Waals surface area contributed by atoms with E-state index < -0.39 is 9.84 Å². The lowest BCUT2D eigenvalue weighted by Crippen LogP contribution is -2.30. The van der Waals surface area contributed by atoms with Gasteiger partial charge in [0.25, 0.3) is 0 Å². The van der Waals surface area contributed by atoms with Crippen molar-refractivity contribution in [3.05, 3.63) is 54.1 Å². The van der Waals surface area contributed by atoms with E-state index >= 15 is 0 Å². The zero-order valence-electron chi connectivity index (χ0n) is 14.2. The number of carbonyl (C=O) groups is 1. The first-order chi connectivity index (χ1) is 12.0. The average molecular weight is 363 g/mol. The second kappa shape index (κ2) is 8.53. The molecule has 0 saturated heterocycles. The van der Waals surface area contributed by atoms with Crippen molar-refractivity contribution in [3.8, 4) is 11.5 Å². The number of nitrogens with one attached hydrogen (secondary N) is 1. The molecule has 0 atom stereocenters. The molecule has 1 N–H and O–H groups in total. The highest BCUT2D eigenvalue weighted by Gasteiger charge is 2.15. The number of rotatable bonds is 8. The fraction of sp³-hybridized carbons (Fsp3) is 0.278. The largest absolute Gasteiger partial charge is 0.497 e. The summed E-state index contributed by atoms with van der Waals surface area (Å²) in [4.78, 5) is 12.3. The van der Waals surface area contributed by atoms with Crippen LogP contribution in [0.4, 0.5) is 0 Å². The molecule has 0 fully saturated rings. The maximum Gasteiger partial charge on any atom is 0.224 e. The monoisotopic (exact) mass is 363 g/mol. The van der Waals surface area contributed by atoms with Gasteiger partial charge in [-0.3, -0.25) is 4.79 Å². The maximum atomic E-state index is 12.2. The molecule has 0 unspecified atom stereocenters. The van der Waals surface area contributed by atoms with Crippen molar-refractivity contribution in [3.63, 3.8) is 0 Å². The molecule has 6 nitrogen and oxygen atoms in total. The Labute approximate surface area is 147 Å². The summed E-state index contributed by atoms with van der Waals surface area (Å²) < 4.78 is 34.7. The molecule has 0 aliphatic heterocycles. The molecule has 0 aliphatic carbocycles. The van der Waals surface area contributed by atoms with Crippen LogP contribution in [0.2, 0.25) is 0 Å². The standard InChI is InChI=1S/C18H21NO5S/c1-23-15-9-8-14(17(13-15)24-2)12-18(20)19-10-11-25(21,22)16-6-4-3-5-7-16/h3-9,13H,10-12H2,1-2H3,(H,19,20). The molecule has 2 aromatic carbocycles. The van der Waals surface area contributed by atoms with Crippen LogP contribution in [-0.2, 0) is 21.1 Å². The van der Waals surface area contributed by atoms with Crippen LogP contribution in [0.1, 0.15) is 5.56 Å². The molecule has 7 heteroatoms. The van der Waals surface area contributed by atoms with Crippen LogP contribution in [-0.4, -0.2) is 40.8 Å². The van der Waals surface area contributed by atoms with Crippen molar-refractivity contribution < 1.29 is 22.7 Å². The van der Waals surface area contributed by atoms with Gasteiger partial charge >= 0.3 is 0 Å². The Morgan fingerprint density at radius 3 is 2.40 bits per heavy atom. The predicted molar refractivity (Wildman–Crippen MR) is 94.8 cm³/mol. The van der Waals surface area contributed by atoms with Gasteiger partial charge in [-0.2, -0.15) is 0 Å². The zero-order chi connectivity index (χ0) is 18.3. The first kappa shape index (κ1) is 18.8. The number of benzene rings is 2. The molecule has 0 radical (unpaired) electrons. The molecule has 2 aromatic rings. The minimum Gasteiger partial charge on any atom is -0.497 e. The molecule has 0 aromatic heterocycles. The summed E-state index contributed by atoms with van der Waals surface area (Å²) in [5.41, 5.74) is 0.701. The van der Waals surface area contributed by atoms with E-state index in [0.29, 0.717) is 17.1 Å². The summed E-state index contributed by atoms with van der Waals surface area (Å²) in [6.07, 6.45) is 0.0958. The second-order valence-electron chi connectivity index (χ2n) is 5.34. The summed E-state index contributed by atoms with van der Waals surface area (Å²) in [5, 5.41) is 2.63. The first-order valence-electron chi connectivity index (χ1n) is 7.71. The van der Waals surface area contributed by atoms with Crippen molar-refractivity contribution in [2.75, 3.05) is 26.5 Å². The Morgan fingerprint density at radius 2 is 1.76 bits per heavy atom. The quantitative estimate of drug-likeness (QED) is 0.774. The Bertz CT molecular complexity index is 819. The van der Waals surface area contributed by atoms with Gasteiger partial charge in [0.05, 0.1) is 31.3 Å². The van der Waals surface area contributed by atoms with Crippen LogP contribution in [0, 0.1) is 0 Å². The number of methoxy groups -OCH3 is 2. The third kappa shape index (κ3) is 5.22. The van der Waals surface area contributed by atoms with Crippen LogP contribution in [0.15, 0.2) is 53.4 Å². The number of ether oxygens (including phenoxy) is 2. The van der Waals surface area contributed by atoms with Gasteiger partial charge in [-0.25, -0.2) is 8.42 Å². The van der Waals surface area contributed by atoms with Crippen LogP contribution in [0.3, 0.4) is 0 Å². The fourth-order valence-electron chi connectivity index (χ4n) is 2.30. The van der Waals surface area contributed by atoms with E-state index in [1.165, 1.54) is 7.11 Å². The topological polar surface area (TPSA) is 81.7 Å². The lowest BCUT2D eigenvalue weighted by atomic mass is 10.1. The van der Waals surface area contributed by atoms with E-state index in [4.69, 9.17) is 9.47 Å². The highest BCUT2D eigenvalue weighted by molar-refractivity contribution is 7.91. The van der Waals surface area contributed by atoms with Crippen molar-refractivity contribution in [2.24, 2.45) is 0 Å². The molecule has 0 spiro atoms. The second-order valence-corrected chi connectivity index (χ2v) is 7.45. The predicted octanol–water partition coefficient (Wildman–Crippen LogP) is 1.84. The van der Waals surface area contributed by atoms with Gasteiger partial charge in [-0.05, 0) is 18.2 Å². The summed E-state index contributed by atoms with van der Waals surface area (Å²) in [5.74, 6) is 0.760. The maximum absolute atomic E-state index is 12.2. The van der Waals surface area contributed by atoms with Gasteiger partial charge < -0.3 is 14.8 Å². The first-order valence-corrected chi connectivity index (χ1v) is 9.37. The summed E-state index contributed by atoms with van der Waals surface area (Å²) >= 11 is 0.